The van der Waals surface area contributed by atoms with E-state index in [9.17, 15) is 9.59 Å². The van der Waals surface area contributed by atoms with Crippen LogP contribution in [0.4, 0.5) is 0 Å². The average Bonchev–Trinajstić information content (AvgIpc) is 2.58. The van der Waals surface area contributed by atoms with Gasteiger partial charge in [0, 0.05) is 6.04 Å². The van der Waals surface area contributed by atoms with Crippen molar-refractivity contribution in [3.05, 3.63) is 35.4 Å². The third kappa shape index (κ3) is 4.57. The van der Waals surface area contributed by atoms with Crippen LogP contribution in [0.25, 0.3) is 0 Å². The van der Waals surface area contributed by atoms with Gasteiger partial charge in [-0.25, -0.2) is 4.79 Å². The fraction of sp³-hybridized carbons (Fsp3) is 0.579. The van der Waals surface area contributed by atoms with Crippen molar-refractivity contribution < 1.29 is 19.4 Å². The highest BCUT2D eigenvalue weighted by atomic mass is 16.5. The minimum Gasteiger partial charge on any atom is -0.449 e. The van der Waals surface area contributed by atoms with Gasteiger partial charge in [-0.15, -0.1) is 0 Å². The molecule has 5 nitrogen and oxygen atoms in total. The van der Waals surface area contributed by atoms with Gasteiger partial charge in [-0.05, 0) is 42.9 Å². The molecule has 0 saturated heterocycles. The summed E-state index contributed by atoms with van der Waals surface area (Å²) in [7, 11) is 0. The van der Waals surface area contributed by atoms with Crippen molar-refractivity contribution >= 4 is 11.9 Å². The summed E-state index contributed by atoms with van der Waals surface area (Å²) in [5.41, 5.74) is 1.09. The lowest BCUT2D eigenvalue weighted by Gasteiger charge is -2.35. The van der Waals surface area contributed by atoms with E-state index in [1.165, 1.54) is 6.42 Å². The van der Waals surface area contributed by atoms with Gasteiger partial charge in [-0.3, -0.25) is 4.79 Å². The van der Waals surface area contributed by atoms with Crippen molar-refractivity contribution in [3.8, 4) is 0 Å². The highest BCUT2D eigenvalue weighted by Crippen LogP contribution is 2.29. The van der Waals surface area contributed by atoms with Crippen LogP contribution in [0.2, 0.25) is 0 Å². The van der Waals surface area contributed by atoms with E-state index >= 15 is 0 Å². The molecule has 0 radical (unpaired) electrons. The molecule has 24 heavy (non-hydrogen) atoms. The van der Waals surface area contributed by atoms with E-state index in [1.54, 1.807) is 31.2 Å². The number of hydrogen-bond donors (Lipinski definition) is 2. The van der Waals surface area contributed by atoms with Gasteiger partial charge in [-0.1, -0.05) is 38.8 Å². The molecule has 1 fully saturated rings. The number of ether oxygens (including phenoxy) is 1. The molecular formula is C19H27NO4. The Morgan fingerprint density at radius 1 is 1.25 bits per heavy atom. The summed E-state index contributed by atoms with van der Waals surface area (Å²) >= 11 is 0. The number of amides is 1. The molecular weight excluding hydrogens is 306 g/mol. The minimum absolute atomic E-state index is 0.0773. The molecule has 1 aromatic rings. The molecule has 4 atom stereocenters. The number of nitrogens with one attached hydrogen (secondary N) is 1. The Labute approximate surface area is 143 Å². The van der Waals surface area contributed by atoms with E-state index in [-0.39, 0.29) is 18.6 Å². The number of benzene rings is 1. The highest BCUT2D eigenvalue weighted by molar-refractivity contribution is 5.92. The first-order chi connectivity index (χ1) is 11.4. The number of esters is 1. The zero-order valence-electron chi connectivity index (χ0n) is 14.6. The molecule has 0 bridgehead atoms. The molecule has 1 saturated carbocycles. The maximum absolute atomic E-state index is 12.3. The molecule has 0 heterocycles. The molecule has 1 aromatic carbocycles. The Morgan fingerprint density at radius 2 is 1.92 bits per heavy atom. The molecule has 1 aliphatic carbocycles. The van der Waals surface area contributed by atoms with Crippen molar-refractivity contribution in [2.45, 2.75) is 58.8 Å². The summed E-state index contributed by atoms with van der Waals surface area (Å²) in [6.07, 6.45) is 2.45. The van der Waals surface area contributed by atoms with Gasteiger partial charge < -0.3 is 15.2 Å². The SMILES string of the molecule is C[C@@H]1[C@H](C)CCC[C@H]1NC(=O)[C@@H](C)OC(=O)c1ccc(CO)cc1. The predicted molar refractivity (Wildman–Crippen MR) is 91.4 cm³/mol. The Hall–Kier alpha value is -1.88. The smallest absolute Gasteiger partial charge is 0.338 e. The van der Waals surface area contributed by atoms with E-state index < -0.39 is 12.1 Å². The summed E-state index contributed by atoms with van der Waals surface area (Å²) < 4.78 is 5.26. The largest absolute Gasteiger partial charge is 0.449 e. The van der Waals surface area contributed by atoms with Crippen LogP contribution in [0.1, 0.15) is 56.0 Å². The number of aliphatic hydroxyl groups excluding tert-OH is 1. The van der Waals surface area contributed by atoms with Crippen LogP contribution in [0, 0.1) is 11.8 Å². The van der Waals surface area contributed by atoms with Gasteiger partial charge in [0.25, 0.3) is 5.91 Å². The molecule has 2 rings (SSSR count). The molecule has 0 aliphatic heterocycles. The topological polar surface area (TPSA) is 75.6 Å². The molecule has 1 amide bonds. The second-order valence-electron chi connectivity index (χ2n) is 6.78. The van der Waals surface area contributed by atoms with Crippen LogP contribution in [0.3, 0.4) is 0 Å². The molecule has 0 unspecified atom stereocenters. The van der Waals surface area contributed by atoms with Gasteiger partial charge in [0.2, 0.25) is 0 Å². The Bertz CT molecular complexity index is 569. The highest BCUT2D eigenvalue weighted by Gasteiger charge is 2.30. The molecule has 132 valence electrons. The fourth-order valence-electron chi connectivity index (χ4n) is 3.11. The second kappa shape index (κ2) is 8.29. The van der Waals surface area contributed by atoms with E-state index in [2.05, 4.69) is 19.2 Å². The van der Waals surface area contributed by atoms with E-state index in [4.69, 9.17) is 9.84 Å². The molecule has 2 N–H and O–H groups in total. The van der Waals surface area contributed by atoms with Crippen LogP contribution in [0.15, 0.2) is 24.3 Å². The third-order valence-electron chi connectivity index (χ3n) is 5.06. The zero-order valence-corrected chi connectivity index (χ0v) is 14.6. The van der Waals surface area contributed by atoms with Crippen molar-refractivity contribution in [3.63, 3.8) is 0 Å². The van der Waals surface area contributed by atoms with Gasteiger partial charge in [0.1, 0.15) is 0 Å². The van der Waals surface area contributed by atoms with Gasteiger partial charge in [0.05, 0.1) is 12.2 Å². The number of aliphatic hydroxyl groups is 1. The molecule has 5 heteroatoms. The third-order valence-corrected chi connectivity index (χ3v) is 5.06. The van der Waals surface area contributed by atoms with Crippen LogP contribution in [0.5, 0.6) is 0 Å². The van der Waals surface area contributed by atoms with Crippen LogP contribution in [-0.4, -0.2) is 29.1 Å². The summed E-state index contributed by atoms with van der Waals surface area (Å²) in [5.74, 6) is 0.233. The number of carbonyl (C=O) groups excluding carboxylic acids is 2. The molecule has 0 spiro atoms. The molecule has 1 aliphatic rings. The van der Waals surface area contributed by atoms with E-state index in [0.29, 0.717) is 17.4 Å². The van der Waals surface area contributed by atoms with Gasteiger partial charge in [-0.2, -0.15) is 0 Å². The predicted octanol–water partition coefficient (Wildman–Crippen LogP) is 2.67. The van der Waals surface area contributed by atoms with Crippen molar-refractivity contribution in [2.75, 3.05) is 0 Å². The lowest BCUT2D eigenvalue weighted by Crippen LogP contribution is -2.47. The van der Waals surface area contributed by atoms with Crippen molar-refractivity contribution in [2.24, 2.45) is 11.8 Å². The quantitative estimate of drug-likeness (QED) is 0.812. The number of carbonyl (C=O) groups is 2. The maximum atomic E-state index is 12.3. The second-order valence-corrected chi connectivity index (χ2v) is 6.78. The fourth-order valence-corrected chi connectivity index (χ4v) is 3.11. The standard InChI is InChI=1S/C19H27NO4/c1-12-5-4-6-17(13(12)2)20-18(22)14(3)24-19(23)16-9-7-15(11-21)8-10-16/h7-10,12-14,17,21H,4-6,11H2,1-3H3,(H,20,22)/t12-,13-,14-,17-/m1/s1. The Balaban J connectivity index is 1.89. The first-order valence-electron chi connectivity index (χ1n) is 8.63. The van der Waals surface area contributed by atoms with Crippen molar-refractivity contribution in [1.29, 1.82) is 0 Å². The van der Waals surface area contributed by atoms with Crippen LogP contribution < -0.4 is 5.32 Å². The summed E-state index contributed by atoms with van der Waals surface area (Å²) in [5, 5.41) is 12.0. The normalized spacial score (nSPS) is 24.9. The summed E-state index contributed by atoms with van der Waals surface area (Å²) in [6, 6.07) is 6.64. The Kier molecular flexibility index (Phi) is 6.37. The first-order valence-corrected chi connectivity index (χ1v) is 8.63. The zero-order chi connectivity index (χ0) is 17.7. The number of hydrogen-bond acceptors (Lipinski definition) is 4. The summed E-state index contributed by atoms with van der Waals surface area (Å²) in [6.45, 7) is 5.88. The Morgan fingerprint density at radius 3 is 2.54 bits per heavy atom. The van der Waals surface area contributed by atoms with Crippen LogP contribution in [-0.2, 0) is 16.1 Å². The minimum atomic E-state index is -0.834. The van der Waals surface area contributed by atoms with E-state index in [0.717, 1.165) is 18.4 Å². The van der Waals surface area contributed by atoms with Gasteiger partial charge >= 0.3 is 5.97 Å². The van der Waals surface area contributed by atoms with Crippen molar-refractivity contribution in [1.82, 2.24) is 5.32 Å². The summed E-state index contributed by atoms with van der Waals surface area (Å²) in [4.78, 5) is 24.4. The first kappa shape index (κ1) is 18.5. The average molecular weight is 333 g/mol. The lowest BCUT2D eigenvalue weighted by molar-refractivity contribution is -0.130. The van der Waals surface area contributed by atoms with E-state index in [1.807, 2.05) is 0 Å². The van der Waals surface area contributed by atoms with Gasteiger partial charge in [0.15, 0.2) is 6.10 Å². The lowest BCUT2D eigenvalue weighted by atomic mass is 9.78. The molecule has 0 aromatic heterocycles. The van der Waals surface area contributed by atoms with Crippen LogP contribution >= 0.6 is 0 Å². The maximum Gasteiger partial charge on any atom is 0.338 e. The monoisotopic (exact) mass is 333 g/mol. The number of rotatable bonds is 5.